The monoisotopic (exact) mass is 218 g/mol. The maximum atomic E-state index is 11.5. The predicted octanol–water partition coefficient (Wildman–Crippen LogP) is 1.07. The summed E-state index contributed by atoms with van der Waals surface area (Å²) in [4.78, 5) is 15.4. The lowest BCUT2D eigenvalue weighted by Gasteiger charge is -2.04. The molecule has 0 aliphatic carbocycles. The molecule has 5 nitrogen and oxygen atoms in total. The van der Waals surface area contributed by atoms with Gasteiger partial charge in [-0.05, 0) is 19.9 Å². The van der Waals surface area contributed by atoms with E-state index < -0.39 is 0 Å². The minimum atomic E-state index is -0.0610. The Kier molecular flexibility index (Phi) is 2.85. The first-order valence-electron chi connectivity index (χ1n) is 5.21. The Bertz CT molecular complexity index is 527. The molecule has 84 valence electrons. The highest BCUT2D eigenvalue weighted by Gasteiger charge is 2.03. The largest absolute Gasteiger partial charge is 0.293 e. The lowest BCUT2D eigenvalue weighted by atomic mass is 10.4. The number of hydrogen-bond donors (Lipinski definition) is 0. The third-order valence-corrected chi connectivity index (χ3v) is 2.32. The number of hydrogen-bond acceptors (Lipinski definition) is 3. The lowest BCUT2D eigenvalue weighted by molar-refractivity contribution is 0.522. The van der Waals surface area contributed by atoms with Gasteiger partial charge in [0.1, 0.15) is 0 Å². The molecule has 2 heterocycles. The van der Waals surface area contributed by atoms with Crippen molar-refractivity contribution in [2.24, 2.45) is 0 Å². The quantitative estimate of drug-likeness (QED) is 0.774. The van der Waals surface area contributed by atoms with Crippen molar-refractivity contribution in [3.8, 4) is 0 Å². The molecule has 0 aromatic carbocycles. The van der Waals surface area contributed by atoms with E-state index in [1.165, 1.54) is 23.2 Å². The highest BCUT2D eigenvalue weighted by Crippen LogP contribution is 2.04. The Labute approximate surface area is 93.4 Å². The van der Waals surface area contributed by atoms with Crippen LogP contribution >= 0.6 is 0 Å². The van der Waals surface area contributed by atoms with Crippen molar-refractivity contribution in [1.82, 2.24) is 19.3 Å². The van der Waals surface area contributed by atoms with Gasteiger partial charge in [0, 0.05) is 24.5 Å². The molecular formula is C11H14N4O. The molecule has 0 unspecified atom stereocenters. The van der Waals surface area contributed by atoms with E-state index >= 15 is 0 Å². The molecule has 16 heavy (non-hydrogen) atoms. The van der Waals surface area contributed by atoms with Gasteiger partial charge in [-0.15, -0.1) is 0 Å². The first-order valence-corrected chi connectivity index (χ1v) is 5.21. The van der Waals surface area contributed by atoms with Crippen LogP contribution in [0.4, 0.5) is 0 Å². The first-order chi connectivity index (χ1) is 7.66. The number of aromatic nitrogens is 4. The average Bonchev–Trinajstić information content (AvgIpc) is 2.70. The summed E-state index contributed by atoms with van der Waals surface area (Å²) in [7, 11) is 0. The van der Waals surface area contributed by atoms with Crippen LogP contribution < -0.4 is 5.56 Å². The fourth-order valence-corrected chi connectivity index (χ4v) is 1.42. The van der Waals surface area contributed by atoms with Crippen molar-refractivity contribution < 1.29 is 0 Å². The van der Waals surface area contributed by atoms with Gasteiger partial charge in [0.25, 0.3) is 5.56 Å². The summed E-state index contributed by atoms with van der Waals surface area (Å²) >= 11 is 0. The van der Waals surface area contributed by atoms with Gasteiger partial charge in [0.05, 0.1) is 18.6 Å². The molecule has 0 bridgehead atoms. The molecule has 2 aromatic rings. The second-order valence-electron chi connectivity index (χ2n) is 3.93. The normalized spacial score (nSPS) is 10.9. The summed E-state index contributed by atoms with van der Waals surface area (Å²) in [5.41, 5.74) is 0.804. The van der Waals surface area contributed by atoms with E-state index in [0.717, 1.165) is 5.69 Å². The second-order valence-corrected chi connectivity index (χ2v) is 3.93. The van der Waals surface area contributed by atoms with Crippen LogP contribution in [0.5, 0.6) is 0 Å². The van der Waals surface area contributed by atoms with Gasteiger partial charge in [-0.1, -0.05) is 0 Å². The van der Waals surface area contributed by atoms with Crippen molar-refractivity contribution in [2.45, 2.75) is 26.4 Å². The Morgan fingerprint density at radius 3 is 2.81 bits per heavy atom. The first kappa shape index (κ1) is 10.6. The van der Waals surface area contributed by atoms with Crippen LogP contribution in [0.2, 0.25) is 0 Å². The number of nitrogens with zero attached hydrogens (tertiary/aromatic N) is 4. The second kappa shape index (κ2) is 4.30. The lowest BCUT2D eigenvalue weighted by Crippen LogP contribution is -2.19. The molecule has 5 heteroatoms. The SMILES string of the molecule is CC(C)n1ccc(Cn2cnccc2=O)n1. The fourth-order valence-electron chi connectivity index (χ4n) is 1.42. The van der Waals surface area contributed by atoms with Crippen LogP contribution in [0.15, 0.2) is 35.6 Å². The molecule has 0 fully saturated rings. The summed E-state index contributed by atoms with van der Waals surface area (Å²) in [6.45, 7) is 4.59. The smallest absolute Gasteiger partial charge is 0.253 e. The Hall–Kier alpha value is -1.91. The standard InChI is InChI=1S/C11H14N4O/c1-9(2)15-6-4-10(13-15)7-14-8-12-5-3-11(14)16/h3-6,8-9H,7H2,1-2H3. The van der Waals surface area contributed by atoms with Gasteiger partial charge >= 0.3 is 0 Å². The maximum Gasteiger partial charge on any atom is 0.253 e. The fraction of sp³-hybridized carbons (Fsp3) is 0.364. The molecule has 0 spiro atoms. The number of rotatable bonds is 3. The zero-order chi connectivity index (χ0) is 11.5. The Morgan fingerprint density at radius 1 is 1.38 bits per heavy atom. The van der Waals surface area contributed by atoms with Crippen LogP contribution in [0.3, 0.4) is 0 Å². The zero-order valence-electron chi connectivity index (χ0n) is 9.37. The average molecular weight is 218 g/mol. The van der Waals surface area contributed by atoms with Crippen LogP contribution in [-0.4, -0.2) is 19.3 Å². The van der Waals surface area contributed by atoms with Gasteiger partial charge < -0.3 is 0 Å². The molecule has 0 radical (unpaired) electrons. The van der Waals surface area contributed by atoms with E-state index in [4.69, 9.17) is 0 Å². The maximum absolute atomic E-state index is 11.5. The van der Waals surface area contributed by atoms with Gasteiger partial charge in [-0.3, -0.25) is 14.0 Å². The molecule has 0 amide bonds. The molecule has 0 aliphatic rings. The Morgan fingerprint density at radius 2 is 2.19 bits per heavy atom. The van der Waals surface area contributed by atoms with Crippen LogP contribution in [0.1, 0.15) is 25.6 Å². The van der Waals surface area contributed by atoms with Gasteiger partial charge in [0.2, 0.25) is 0 Å². The molecule has 0 aliphatic heterocycles. The predicted molar refractivity (Wildman–Crippen MR) is 60.2 cm³/mol. The molecule has 0 atom stereocenters. The third kappa shape index (κ3) is 2.18. The third-order valence-electron chi connectivity index (χ3n) is 2.32. The van der Waals surface area contributed by atoms with Crippen molar-refractivity contribution in [3.05, 3.63) is 46.9 Å². The van der Waals surface area contributed by atoms with E-state index in [0.29, 0.717) is 12.6 Å². The molecule has 0 saturated heterocycles. The van der Waals surface area contributed by atoms with E-state index in [2.05, 4.69) is 23.9 Å². The summed E-state index contributed by atoms with van der Waals surface area (Å²) in [5, 5.41) is 4.38. The highest BCUT2D eigenvalue weighted by molar-refractivity contribution is 5.01. The molecule has 2 aromatic heterocycles. The summed E-state index contributed by atoms with van der Waals surface area (Å²) in [6.07, 6.45) is 4.93. The van der Waals surface area contributed by atoms with E-state index in [9.17, 15) is 4.79 Å². The van der Waals surface area contributed by atoms with Crippen molar-refractivity contribution in [2.75, 3.05) is 0 Å². The summed E-state index contributed by atoms with van der Waals surface area (Å²) in [6, 6.07) is 3.69. The summed E-state index contributed by atoms with van der Waals surface area (Å²) < 4.78 is 3.41. The minimum absolute atomic E-state index is 0.0610. The molecule has 0 saturated carbocycles. The molecule has 0 N–H and O–H groups in total. The van der Waals surface area contributed by atoms with Crippen molar-refractivity contribution >= 4 is 0 Å². The van der Waals surface area contributed by atoms with Crippen LogP contribution in [-0.2, 0) is 6.54 Å². The van der Waals surface area contributed by atoms with Gasteiger partial charge in [0.15, 0.2) is 0 Å². The molecular weight excluding hydrogens is 204 g/mol. The molecule has 2 rings (SSSR count). The van der Waals surface area contributed by atoms with E-state index in [1.807, 2.05) is 16.9 Å². The van der Waals surface area contributed by atoms with Gasteiger partial charge in [-0.25, -0.2) is 4.98 Å². The van der Waals surface area contributed by atoms with Crippen molar-refractivity contribution in [3.63, 3.8) is 0 Å². The highest BCUT2D eigenvalue weighted by atomic mass is 16.1. The van der Waals surface area contributed by atoms with E-state index in [1.54, 1.807) is 0 Å². The summed E-state index contributed by atoms with van der Waals surface area (Å²) in [5.74, 6) is 0. The topological polar surface area (TPSA) is 52.7 Å². The van der Waals surface area contributed by atoms with Crippen LogP contribution in [0.25, 0.3) is 0 Å². The zero-order valence-corrected chi connectivity index (χ0v) is 9.37. The Balaban J connectivity index is 2.21. The minimum Gasteiger partial charge on any atom is -0.293 e. The van der Waals surface area contributed by atoms with Gasteiger partial charge in [-0.2, -0.15) is 5.10 Å². The van der Waals surface area contributed by atoms with E-state index in [-0.39, 0.29) is 5.56 Å². The van der Waals surface area contributed by atoms with Crippen LogP contribution in [0, 0.1) is 0 Å². The van der Waals surface area contributed by atoms with Crippen molar-refractivity contribution in [1.29, 1.82) is 0 Å².